The number of carboxylic acid groups (broad SMARTS) is 1. The van der Waals surface area contributed by atoms with Crippen molar-refractivity contribution in [1.29, 1.82) is 0 Å². The minimum Gasteiger partial charge on any atom is -0.506 e. The molecule has 0 aromatic carbocycles. The second kappa shape index (κ2) is 4.49. The van der Waals surface area contributed by atoms with E-state index in [1.165, 1.54) is 0 Å². The minimum atomic E-state index is -0.869. The van der Waals surface area contributed by atoms with Crippen molar-refractivity contribution in [1.82, 2.24) is 4.90 Å². The summed E-state index contributed by atoms with van der Waals surface area (Å²) in [6.07, 6.45) is 1.65. The van der Waals surface area contributed by atoms with Gasteiger partial charge in [0.1, 0.15) is 12.3 Å². The maximum absolute atomic E-state index is 10.4. The number of halogens is 2. The van der Waals surface area contributed by atoms with Gasteiger partial charge in [-0.3, -0.25) is 4.79 Å². The molecule has 2 N–H and O–H groups in total. The fourth-order valence-electron chi connectivity index (χ4n) is 0.925. The third kappa shape index (κ3) is 3.01. The van der Waals surface area contributed by atoms with Crippen LogP contribution in [0.2, 0.25) is 0 Å². The van der Waals surface area contributed by atoms with Gasteiger partial charge in [-0.2, -0.15) is 0 Å². The first-order valence-electron chi connectivity index (χ1n) is 3.42. The van der Waals surface area contributed by atoms with Crippen LogP contribution in [-0.4, -0.2) is 34.2 Å². The molecule has 0 saturated carbocycles. The van der Waals surface area contributed by atoms with Crippen LogP contribution in [0.25, 0.3) is 0 Å². The second-order valence-corrected chi connectivity index (χ2v) is 4.99. The number of aliphatic carboxylic acids is 1. The molecule has 0 saturated heterocycles. The molecule has 1 aliphatic rings. The van der Waals surface area contributed by atoms with Crippen molar-refractivity contribution >= 4 is 51.2 Å². The number of nitrogens with zero attached hydrogens (tertiary/aromatic N) is 1. The molecular weight excluding hydrogens is 400 g/mol. The molecule has 0 spiro atoms. The molecule has 0 fully saturated rings. The fourth-order valence-corrected chi connectivity index (χ4v) is 2.89. The fraction of sp³-hybridized carbons (Fsp3) is 0.286. The van der Waals surface area contributed by atoms with E-state index in [1.54, 1.807) is 11.1 Å². The molecule has 1 aliphatic heterocycles. The molecule has 0 aromatic heterocycles. The Morgan fingerprint density at radius 3 is 2.69 bits per heavy atom. The smallest absolute Gasteiger partial charge is 0.323 e. The monoisotopic (exact) mass is 407 g/mol. The largest absolute Gasteiger partial charge is 0.506 e. The highest BCUT2D eigenvalue weighted by molar-refractivity contribution is 14.1. The molecular formula is C7H7I2NO3. The van der Waals surface area contributed by atoms with Gasteiger partial charge in [-0.25, -0.2) is 0 Å². The average Bonchev–Trinajstić information content (AvgIpc) is 1.98. The number of rotatable bonds is 2. The van der Waals surface area contributed by atoms with E-state index in [1.807, 2.05) is 45.2 Å². The lowest BCUT2D eigenvalue weighted by molar-refractivity contribution is -0.137. The first-order valence-corrected chi connectivity index (χ1v) is 5.57. The molecule has 4 nitrogen and oxygen atoms in total. The summed E-state index contributed by atoms with van der Waals surface area (Å²) < 4.78 is 1.44. The Labute approximate surface area is 103 Å². The molecule has 6 heteroatoms. The Balaban J connectivity index is 2.73. The standard InChI is InChI=1S/C7H7I2NO3/c8-4-1-10(3-6(11)12)2-5(9)7(4)13/h1,13H,2-3H2,(H,11,12). The van der Waals surface area contributed by atoms with Gasteiger partial charge in [-0.1, -0.05) is 0 Å². The van der Waals surface area contributed by atoms with Crippen LogP contribution in [-0.2, 0) is 4.79 Å². The van der Waals surface area contributed by atoms with Crippen LogP contribution in [0.15, 0.2) is 19.1 Å². The molecule has 0 bridgehead atoms. The highest BCUT2D eigenvalue weighted by atomic mass is 127. The molecule has 1 rings (SSSR count). The van der Waals surface area contributed by atoms with E-state index >= 15 is 0 Å². The zero-order chi connectivity index (χ0) is 10.0. The zero-order valence-corrected chi connectivity index (χ0v) is 10.8. The summed E-state index contributed by atoms with van der Waals surface area (Å²) in [5.74, 6) is -0.617. The van der Waals surface area contributed by atoms with E-state index in [0.29, 0.717) is 10.1 Å². The van der Waals surface area contributed by atoms with Gasteiger partial charge in [0.05, 0.1) is 13.7 Å². The topological polar surface area (TPSA) is 60.8 Å². The summed E-state index contributed by atoms with van der Waals surface area (Å²) in [5.41, 5.74) is 0. The van der Waals surface area contributed by atoms with Crippen LogP contribution in [0.3, 0.4) is 0 Å². The molecule has 72 valence electrons. The van der Waals surface area contributed by atoms with Gasteiger partial charge >= 0.3 is 5.97 Å². The van der Waals surface area contributed by atoms with Crippen LogP contribution < -0.4 is 0 Å². The average molecular weight is 407 g/mol. The molecule has 0 aliphatic carbocycles. The Kier molecular flexibility index (Phi) is 3.83. The van der Waals surface area contributed by atoms with Crippen molar-refractivity contribution < 1.29 is 15.0 Å². The minimum absolute atomic E-state index is 0.0354. The van der Waals surface area contributed by atoms with Crippen molar-refractivity contribution in [2.24, 2.45) is 0 Å². The number of hydrogen-bond donors (Lipinski definition) is 2. The lowest BCUT2D eigenvalue weighted by Crippen LogP contribution is -2.28. The van der Waals surface area contributed by atoms with Gasteiger partial charge in [-0.05, 0) is 45.2 Å². The highest BCUT2D eigenvalue weighted by Crippen LogP contribution is 2.28. The normalized spacial score (nSPS) is 17.4. The molecule has 0 aromatic rings. The van der Waals surface area contributed by atoms with E-state index < -0.39 is 5.97 Å². The van der Waals surface area contributed by atoms with Crippen LogP contribution >= 0.6 is 45.2 Å². The van der Waals surface area contributed by atoms with Gasteiger partial charge in [0.25, 0.3) is 0 Å². The van der Waals surface area contributed by atoms with Gasteiger partial charge in [0.2, 0.25) is 0 Å². The van der Waals surface area contributed by atoms with Crippen molar-refractivity contribution in [3.8, 4) is 0 Å². The molecule has 13 heavy (non-hydrogen) atoms. The van der Waals surface area contributed by atoms with E-state index in [0.717, 1.165) is 3.58 Å². The summed E-state index contributed by atoms with van der Waals surface area (Å²) in [6.45, 7) is 0.428. The van der Waals surface area contributed by atoms with Crippen molar-refractivity contribution in [2.75, 3.05) is 13.1 Å². The third-order valence-electron chi connectivity index (χ3n) is 1.46. The highest BCUT2D eigenvalue weighted by Gasteiger charge is 2.17. The quantitative estimate of drug-likeness (QED) is 0.687. The number of aliphatic hydroxyl groups is 1. The molecule has 1 heterocycles. The summed E-state index contributed by atoms with van der Waals surface area (Å²) in [4.78, 5) is 12.1. The predicted octanol–water partition coefficient (Wildman–Crippen LogP) is 1.87. The van der Waals surface area contributed by atoms with E-state index in [-0.39, 0.29) is 12.3 Å². The van der Waals surface area contributed by atoms with Crippen LogP contribution in [0.4, 0.5) is 0 Å². The number of carboxylic acids is 1. The number of aliphatic hydroxyl groups excluding tert-OH is 1. The zero-order valence-electron chi connectivity index (χ0n) is 6.50. The molecule has 0 unspecified atom stereocenters. The Morgan fingerprint density at radius 2 is 2.23 bits per heavy atom. The molecule has 0 radical (unpaired) electrons. The predicted molar refractivity (Wildman–Crippen MR) is 65.0 cm³/mol. The summed E-state index contributed by atoms with van der Waals surface area (Å²) in [6, 6.07) is 0. The van der Waals surface area contributed by atoms with E-state index in [2.05, 4.69) is 0 Å². The lowest BCUT2D eigenvalue weighted by Gasteiger charge is -2.23. The summed E-state index contributed by atoms with van der Waals surface area (Å²) in [5, 5.41) is 18.0. The maximum atomic E-state index is 10.4. The SMILES string of the molecule is O=C(O)CN1C=C(I)C(O)=C(I)C1. The molecule has 0 atom stereocenters. The van der Waals surface area contributed by atoms with Crippen LogP contribution in [0, 0.1) is 0 Å². The van der Waals surface area contributed by atoms with Crippen LogP contribution in [0.5, 0.6) is 0 Å². The second-order valence-electron chi connectivity index (χ2n) is 2.53. The third-order valence-corrected chi connectivity index (χ3v) is 3.10. The number of carbonyl (C=O) groups is 1. The van der Waals surface area contributed by atoms with Gasteiger partial charge in [0, 0.05) is 6.20 Å². The summed E-state index contributed by atoms with van der Waals surface area (Å²) in [7, 11) is 0. The van der Waals surface area contributed by atoms with Crippen molar-refractivity contribution in [2.45, 2.75) is 0 Å². The first-order chi connectivity index (χ1) is 6.00. The Bertz CT molecular complexity index is 298. The first kappa shape index (κ1) is 11.1. The van der Waals surface area contributed by atoms with Gasteiger partial charge in [-0.15, -0.1) is 0 Å². The Morgan fingerprint density at radius 1 is 1.62 bits per heavy atom. The lowest BCUT2D eigenvalue weighted by atomic mass is 10.3. The summed E-state index contributed by atoms with van der Waals surface area (Å²) >= 11 is 3.98. The van der Waals surface area contributed by atoms with E-state index in [4.69, 9.17) is 5.11 Å². The Hall–Kier alpha value is 0.01000. The van der Waals surface area contributed by atoms with E-state index in [9.17, 15) is 9.90 Å². The molecule has 0 amide bonds. The number of hydrogen-bond acceptors (Lipinski definition) is 3. The van der Waals surface area contributed by atoms with Gasteiger partial charge < -0.3 is 15.1 Å². The van der Waals surface area contributed by atoms with Crippen molar-refractivity contribution in [3.05, 3.63) is 19.1 Å². The number of allylic oxidation sites excluding steroid dienone is 1. The van der Waals surface area contributed by atoms with Crippen molar-refractivity contribution in [3.63, 3.8) is 0 Å². The van der Waals surface area contributed by atoms with Crippen LogP contribution in [0.1, 0.15) is 0 Å². The maximum Gasteiger partial charge on any atom is 0.323 e. The van der Waals surface area contributed by atoms with Gasteiger partial charge in [0.15, 0.2) is 0 Å².